The largest absolute Gasteiger partial charge is 1.00 e. The van der Waals surface area contributed by atoms with Crippen molar-refractivity contribution >= 4 is 42.8 Å². The molecule has 4 aliphatic heterocycles. The van der Waals surface area contributed by atoms with Gasteiger partial charge in [-0.3, -0.25) is 9.59 Å². The summed E-state index contributed by atoms with van der Waals surface area (Å²) in [5.41, 5.74) is 0. The summed E-state index contributed by atoms with van der Waals surface area (Å²) < 4.78 is 35.4. The van der Waals surface area contributed by atoms with Gasteiger partial charge in [-0.1, -0.05) is 321 Å². The zero-order valence-electron chi connectivity index (χ0n) is 82.6. The van der Waals surface area contributed by atoms with Gasteiger partial charge in [-0.15, -0.1) is 0 Å². The molecule has 6 unspecified atom stereocenters. The van der Waals surface area contributed by atoms with Crippen LogP contribution in [0.4, 0.5) is 0 Å². The second-order valence-corrected chi connectivity index (χ2v) is 39.8. The minimum atomic E-state index is -0.378. The zero-order chi connectivity index (χ0) is 88.0. The molecule has 4 heterocycles. The fourth-order valence-corrected chi connectivity index (χ4v) is 20.6. The molecule has 0 bridgehead atoms. The number of Topliss-reactive ketones (excluding diaryl/α,β-unsaturated/α-hetero) is 1. The molecule has 9 rings (SSSR count). The molecule has 122 heavy (non-hydrogen) atoms. The van der Waals surface area contributed by atoms with E-state index in [4.69, 9.17) is 59.8 Å². The first-order valence-corrected chi connectivity index (χ1v) is 52.9. The smallest absolute Gasteiger partial charge is 1.00 e. The summed E-state index contributed by atoms with van der Waals surface area (Å²) in [6, 6.07) is 0.152. The van der Waals surface area contributed by atoms with Crippen LogP contribution in [0.25, 0.3) is 19.4 Å². The number of alkyl halides is 1. The van der Waals surface area contributed by atoms with Gasteiger partial charge < -0.3 is 59.4 Å². The van der Waals surface area contributed by atoms with Crippen LogP contribution in [0.5, 0.6) is 0 Å². The van der Waals surface area contributed by atoms with Crippen molar-refractivity contribution in [3.63, 3.8) is 0 Å². The average molecular weight is 1830 g/mol. The summed E-state index contributed by atoms with van der Waals surface area (Å²) in [4.78, 5) is 37.0. The number of carbonyl (C=O) groups is 2. The Morgan fingerprint density at radius 2 is 0.738 bits per heavy atom. The van der Waals surface area contributed by atoms with E-state index < -0.39 is 0 Å². The van der Waals surface area contributed by atoms with Crippen molar-refractivity contribution in [3.05, 3.63) is 45.7 Å². The van der Waals surface area contributed by atoms with Gasteiger partial charge in [0.25, 0.3) is 0 Å². The standard InChI is InChI=1S/C21H37NO2.C19H35NO.C19H33NO.C19H34O2.C18H33IO2.C4H8O.C3H5N.C2H6O.B.Na.H/c1-4-5-6-7-19-8-10-20(11-9-19)13-15-21(23-16-17-24-21)14-12-18(2)22-3;2*1-4-5-6-7-17-9-11-18(12-10-17)13-15-19(21)14-8-16(2)20-3;1-3-4-5-6-16-8-10-17(11-9-16)12-14-18-13-7-15(2)19(20)21-18;1-2-3-4-5-16-6-8-17(9-7-16)10-11-18(12-13-19)20-14-15-21-18;1-2-4-5-3-1;1-3-4-2;1-2-3;;;/h18-20H,4-17H2,1-2H3;16-19,21H,4-15H2,1-2H3;16-18H,4-15H2,1-2H3;15-18H,3-14H2,1-2H3;16-17H,2-15H2,1H3;1-4H2;3H2,1H3;3H,2H2,1H3;;;/q;;;;;;;;;+1;-1. The van der Waals surface area contributed by atoms with Crippen molar-refractivity contribution in [1.29, 1.82) is 0 Å². The molecule has 9 aliphatic rings. The number of esters is 1. The number of aliphatic hydroxyl groups excluding tert-OH is 2. The summed E-state index contributed by atoms with van der Waals surface area (Å²) in [5, 5.41) is 17.6. The predicted molar refractivity (Wildman–Crippen MR) is 519 cm³/mol. The van der Waals surface area contributed by atoms with Crippen molar-refractivity contribution in [2.24, 2.45) is 65.1 Å². The minimum absolute atomic E-state index is 0. The molecule has 6 atom stereocenters. The van der Waals surface area contributed by atoms with Gasteiger partial charge in [0.1, 0.15) is 11.9 Å². The number of hydrogen-bond acceptors (Lipinski definition) is 10. The number of aliphatic hydroxyl groups is 2. The molecule has 9 fully saturated rings. The number of ether oxygens (including phenoxy) is 6. The Bertz CT molecular complexity index is 2550. The monoisotopic (exact) mass is 1830 g/mol. The van der Waals surface area contributed by atoms with Gasteiger partial charge in [-0.05, 0) is 143 Å². The van der Waals surface area contributed by atoms with Crippen molar-refractivity contribution in [1.82, 2.24) is 0 Å². The second kappa shape index (κ2) is 80.5. The maximum absolute atomic E-state index is 11.8. The predicted octanol–water partition coefficient (Wildman–Crippen LogP) is 27.1. The minimum Gasteiger partial charge on any atom is -1.00 e. The Morgan fingerprint density at radius 3 is 1.06 bits per heavy atom. The van der Waals surface area contributed by atoms with E-state index in [1.165, 1.54) is 295 Å². The molecule has 703 valence electrons. The molecular formula is C105H192BIN4NaO10. The molecule has 0 aromatic rings. The summed E-state index contributed by atoms with van der Waals surface area (Å²) in [7, 11) is 0. The third-order valence-corrected chi connectivity index (χ3v) is 29.0. The summed E-state index contributed by atoms with van der Waals surface area (Å²) in [6.45, 7) is 55.7. The van der Waals surface area contributed by atoms with Crippen molar-refractivity contribution in [3.8, 4) is 0 Å². The Kier molecular flexibility index (Phi) is 79.6. The third-order valence-electron chi connectivity index (χ3n) is 28.5. The molecule has 3 radical (unpaired) electrons. The van der Waals surface area contributed by atoms with E-state index in [1.54, 1.807) is 6.92 Å². The number of halogens is 1. The van der Waals surface area contributed by atoms with Crippen molar-refractivity contribution in [2.45, 2.75) is 510 Å². The molecule has 2 N–H and O–H groups in total. The van der Waals surface area contributed by atoms with Crippen LogP contribution in [0, 0.1) is 91.4 Å². The van der Waals surface area contributed by atoms with Crippen LogP contribution in [0.3, 0.4) is 0 Å². The van der Waals surface area contributed by atoms with E-state index in [1.807, 2.05) is 34.6 Å². The maximum atomic E-state index is 11.8. The van der Waals surface area contributed by atoms with Gasteiger partial charge in [0, 0.05) is 118 Å². The zero-order valence-corrected chi connectivity index (χ0v) is 85.8. The Balaban J connectivity index is 0. The summed E-state index contributed by atoms with van der Waals surface area (Å²) in [5.74, 6) is 9.19. The number of unbranched alkanes of at least 4 members (excludes halogenated alkanes) is 10. The maximum Gasteiger partial charge on any atom is 1.00 e. The van der Waals surface area contributed by atoms with Crippen LogP contribution >= 0.6 is 22.6 Å². The van der Waals surface area contributed by atoms with Gasteiger partial charge in [-0.2, -0.15) is 0 Å². The van der Waals surface area contributed by atoms with Gasteiger partial charge in [0.05, 0.1) is 38.4 Å². The Hall–Kier alpha value is -1.39. The van der Waals surface area contributed by atoms with Crippen LogP contribution in [0.15, 0.2) is 0 Å². The summed E-state index contributed by atoms with van der Waals surface area (Å²) >= 11 is 2.44. The SMILES string of the molecule is C1CCOC1.CCCCCC1CCC(CCC2(CCI)OCCO2)CC1.CCCCCC1CCC(CCC2CCC(C)C(=O)O2)CC1.CCO.[B].[C-]#[N+]C(C)CCC(=O)CCC1CCC(CCCCC)CC1.[C-]#[N+]C(C)CCC(O)CCC1CCC(CCCCC)CC1.[C-]#[N+]C(C)CCC1(CCC2CCC(CCCCC)CC2)OCCO1.[C-]#[N+]CC.[H-].[Na+]. The summed E-state index contributed by atoms with van der Waals surface area (Å²) in [6.07, 6.45) is 77.8. The van der Waals surface area contributed by atoms with Gasteiger partial charge in [0.2, 0.25) is 24.7 Å². The second-order valence-electron chi connectivity index (χ2n) is 38.8. The van der Waals surface area contributed by atoms with E-state index >= 15 is 0 Å². The molecule has 0 aromatic carbocycles. The first-order chi connectivity index (χ1) is 58.3. The fraction of sp³-hybridized carbons (Fsp3) is 0.943. The molecule has 0 spiro atoms. The molecule has 0 aromatic heterocycles. The first-order valence-electron chi connectivity index (χ1n) is 51.4. The topological polar surface area (TPSA) is 147 Å². The number of hydrogen-bond donors (Lipinski definition) is 2. The molecular weight excluding hydrogens is 1640 g/mol. The first kappa shape index (κ1) is 121. The average Bonchev–Trinajstić information content (AvgIpc) is 1.73. The van der Waals surface area contributed by atoms with Crippen LogP contribution < -0.4 is 29.6 Å². The normalized spacial score (nSPS) is 25.9. The molecule has 5 aliphatic carbocycles. The van der Waals surface area contributed by atoms with Crippen LogP contribution in [0.2, 0.25) is 0 Å². The molecule has 17 heteroatoms. The number of nitrogens with zero attached hydrogens (tertiary/aromatic N) is 4. The number of cyclic esters (lactones) is 1. The van der Waals surface area contributed by atoms with E-state index in [2.05, 4.69) is 76.6 Å². The quantitative estimate of drug-likeness (QED) is 0.0151. The molecule has 14 nitrogen and oxygen atoms in total. The van der Waals surface area contributed by atoms with E-state index in [0.29, 0.717) is 18.7 Å². The van der Waals surface area contributed by atoms with Gasteiger partial charge in [-0.25, -0.2) is 26.3 Å². The number of carbonyl (C=O) groups excluding carboxylic acids is 2. The molecule has 5 saturated carbocycles. The fourth-order valence-electron chi connectivity index (χ4n) is 19.8. The third kappa shape index (κ3) is 61.3. The Labute approximate surface area is 793 Å². The van der Waals surface area contributed by atoms with E-state index in [9.17, 15) is 14.7 Å². The molecule has 0 amide bonds. The molecule has 4 saturated heterocycles. The van der Waals surface area contributed by atoms with Gasteiger partial charge >= 0.3 is 35.5 Å². The van der Waals surface area contributed by atoms with Crippen LogP contribution in [-0.2, 0) is 38.0 Å². The Morgan fingerprint density at radius 1 is 0.418 bits per heavy atom. The van der Waals surface area contributed by atoms with E-state index in [-0.39, 0.29) is 99.8 Å². The van der Waals surface area contributed by atoms with Crippen LogP contribution in [-0.4, -0.2) is 130 Å². The van der Waals surface area contributed by atoms with Crippen LogP contribution in [0.1, 0.15) is 469 Å². The van der Waals surface area contributed by atoms with E-state index in [0.717, 1.165) is 193 Å². The van der Waals surface area contributed by atoms with Crippen molar-refractivity contribution in [2.75, 3.05) is 57.2 Å². The number of rotatable bonds is 46. The number of ketones is 1. The van der Waals surface area contributed by atoms with Gasteiger partial charge in [0.15, 0.2) is 11.6 Å². The van der Waals surface area contributed by atoms with Crippen molar-refractivity contribution < 1.29 is 79.2 Å².